The van der Waals surface area contributed by atoms with Crippen LogP contribution in [0.3, 0.4) is 0 Å². The van der Waals surface area contributed by atoms with Gasteiger partial charge in [-0.2, -0.15) is 0 Å². The molecule has 1 atom stereocenters. The third-order valence-electron chi connectivity index (χ3n) is 5.61. The van der Waals surface area contributed by atoms with E-state index in [1.807, 2.05) is 0 Å². The highest BCUT2D eigenvalue weighted by Gasteiger charge is 2.39. The van der Waals surface area contributed by atoms with Crippen LogP contribution in [0.4, 0.5) is 5.69 Å². The van der Waals surface area contributed by atoms with Crippen LogP contribution in [0, 0.1) is 0 Å². The number of piperidine rings is 1. The standard InChI is InChI=1S/C21H18N6O5S/c28-19-8-7-18(20(29)23-19)26-12-13-11-14(1-6-17(13)21(26)30)24-33(31,32)16-4-2-15(3-5-16)27-10-9-22-25-27/h1-6,9-11,18,24H,7-8,12H2,(H,23,28,29). The van der Waals surface area contributed by atoms with Crippen LogP contribution >= 0.6 is 0 Å². The molecule has 3 amide bonds. The maximum atomic E-state index is 12.8. The first kappa shape index (κ1) is 20.8. The van der Waals surface area contributed by atoms with Gasteiger partial charge >= 0.3 is 0 Å². The van der Waals surface area contributed by atoms with E-state index in [-0.39, 0.29) is 36.1 Å². The summed E-state index contributed by atoms with van der Waals surface area (Å²) in [5.74, 6) is -1.17. The number of aromatic nitrogens is 3. The summed E-state index contributed by atoms with van der Waals surface area (Å²) in [7, 11) is -3.87. The van der Waals surface area contributed by atoms with Crippen molar-refractivity contribution in [2.45, 2.75) is 30.3 Å². The monoisotopic (exact) mass is 466 g/mol. The molecule has 3 aromatic rings. The molecule has 168 valence electrons. The van der Waals surface area contributed by atoms with Crippen molar-refractivity contribution in [1.82, 2.24) is 25.2 Å². The van der Waals surface area contributed by atoms with Crippen LogP contribution in [0.25, 0.3) is 5.69 Å². The number of anilines is 1. The van der Waals surface area contributed by atoms with Crippen molar-refractivity contribution in [3.63, 3.8) is 0 Å². The summed E-state index contributed by atoms with van der Waals surface area (Å²) in [5, 5.41) is 9.84. The Bertz CT molecular complexity index is 1370. The van der Waals surface area contributed by atoms with E-state index in [1.54, 1.807) is 24.4 Å². The molecule has 3 heterocycles. The molecule has 5 rings (SSSR count). The molecule has 2 aromatic carbocycles. The summed E-state index contributed by atoms with van der Waals surface area (Å²) >= 11 is 0. The largest absolute Gasteiger partial charge is 0.322 e. The predicted molar refractivity (Wildman–Crippen MR) is 115 cm³/mol. The van der Waals surface area contributed by atoms with Gasteiger partial charge in [-0.05, 0) is 54.4 Å². The molecule has 1 aromatic heterocycles. The van der Waals surface area contributed by atoms with Gasteiger partial charge in [0.05, 0.1) is 23.0 Å². The molecule has 2 aliphatic heterocycles. The Morgan fingerprint density at radius 3 is 2.55 bits per heavy atom. The lowest BCUT2D eigenvalue weighted by molar-refractivity contribution is -0.136. The lowest BCUT2D eigenvalue weighted by Gasteiger charge is -2.29. The van der Waals surface area contributed by atoms with Crippen molar-refractivity contribution in [3.8, 4) is 5.69 Å². The topological polar surface area (TPSA) is 143 Å². The molecule has 0 saturated carbocycles. The van der Waals surface area contributed by atoms with Crippen molar-refractivity contribution in [1.29, 1.82) is 0 Å². The molecule has 0 bridgehead atoms. The fraction of sp³-hybridized carbons (Fsp3) is 0.190. The zero-order valence-corrected chi connectivity index (χ0v) is 17.9. The van der Waals surface area contributed by atoms with Crippen molar-refractivity contribution in [3.05, 3.63) is 66.0 Å². The molecule has 2 aliphatic rings. The number of amides is 3. The van der Waals surface area contributed by atoms with Gasteiger partial charge in [-0.15, -0.1) is 5.10 Å². The lowest BCUT2D eigenvalue weighted by atomic mass is 10.0. The van der Waals surface area contributed by atoms with Crippen LogP contribution in [-0.2, 0) is 26.2 Å². The second-order valence-corrected chi connectivity index (χ2v) is 9.40. The minimum Gasteiger partial charge on any atom is -0.322 e. The first-order chi connectivity index (χ1) is 15.8. The minimum absolute atomic E-state index is 0.0631. The van der Waals surface area contributed by atoms with E-state index in [4.69, 9.17) is 0 Å². The minimum atomic E-state index is -3.87. The number of fused-ring (bicyclic) bond motifs is 1. The van der Waals surface area contributed by atoms with Gasteiger partial charge in [0, 0.05) is 24.2 Å². The molecule has 0 radical (unpaired) electrons. The van der Waals surface area contributed by atoms with Crippen molar-refractivity contribution < 1.29 is 22.8 Å². The molecule has 12 heteroatoms. The number of carbonyl (C=O) groups is 3. The molecule has 2 N–H and O–H groups in total. The average molecular weight is 466 g/mol. The Balaban J connectivity index is 1.34. The molecule has 0 aliphatic carbocycles. The number of benzene rings is 2. The van der Waals surface area contributed by atoms with Crippen LogP contribution < -0.4 is 10.0 Å². The smallest absolute Gasteiger partial charge is 0.261 e. The molecule has 1 saturated heterocycles. The SMILES string of the molecule is O=C1CCC(N2Cc3cc(NS(=O)(=O)c4ccc(-n5ccnn5)cc4)ccc3C2=O)C(=O)N1. The predicted octanol–water partition coefficient (Wildman–Crippen LogP) is 0.829. The van der Waals surface area contributed by atoms with E-state index in [2.05, 4.69) is 20.4 Å². The van der Waals surface area contributed by atoms with Gasteiger partial charge in [0.25, 0.3) is 15.9 Å². The van der Waals surface area contributed by atoms with Crippen molar-refractivity contribution in [2.24, 2.45) is 0 Å². The van der Waals surface area contributed by atoms with E-state index >= 15 is 0 Å². The van der Waals surface area contributed by atoms with E-state index in [0.29, 0.717) is 22.5 Å². The van der Waals surface area contributed by atoms with Crippen molar-refractivity contribution >= 4 is 33.4 Å². The molecule has 0 spiro atoms. The third kappa shape index (κ3) is 3.84. The number of nitrogens with zero attached hydrogens (tertiary/aromatic N) is 4. The quantitative estimate of drug-likeness (QED) is 0.530. The number of hydrogen-bond acceptors (Lipinski definition) is 7. The second kappa shape index (κ2) is 7.81. The summed E-state index contributed by atoms with van der Waals surface area (Å²) in [5.41, 5.74) is 1.97. The Hall–Kier alpha value is -4.06. The third-order valence-corrected chi connectivity index (χ3v) is 7.01. The van der Waals surface area contributed by atoms with Crippen LogP contribution in [0.5, 0.6) is 0 Å². The van der Waals surface area contributed by atoms with E-state index in [1.165, 1.54) is 40.0 Å². The van der Waals surface area contributed by atoms with Gasteiger partial charge in [0.15, 0.2) is 0 Å². The number of hydrogen-bond donors (Lipinski definition) is 2. The van der Waals surface area contributed by atoms with E-state index < -0.39 is 22.0 Å². The van der Waals surface area contributed by atoms with Crippen molar-refractivity contribution in [2.75, 3.05) is 4.72 Å². The molecular weight excluding hydrogens is 448 g/mol. The zero-order valence-electron chi connectivity index (χ0n) is 17.1. The normalized spacial score (nSPS) is 18.2. The Morgan fingerprint density at radius 1 is 1.06 bits per heavy atom. The fourth-order valence-electron chi connectivity index (χ4n) is 3.98. The molecular formula is C21H18N6O5S. The number of imide groups is 1. The van der Waals surface area contributed by atoms with Gasteiger partial charge in [-0.1, -0.05) is 5.21 Å². The van der Waals surface area contributed by atoms with Crippen LogP contribution in [-0.4, -0.2) is 52.1 Å². The number of rotatable bonds is 5. The van der Waals surface area contributed by atoms with Crippen LogP contribution in [0.1, 0.15) is 28.8 Å². The average Bonchev–Trinajstić information content (AvgIpc) is 3.42. The van der Waals surface area contributed by atoms with Gasteiger partial charge in [0.2, 0.25) is 11.8 Å². The first-order valence-corrected chi connectivity index (χ1v) is 11.6. The fourth-order valence-corrected chi connectivity index (χ4v) is 5.03. The molecule has 11 nitrogen and oxygen atoms in total. The van der Waals surface area contributed by atoms with E-state index in [9.17, 15) is 22.8 Å². The Kier molecular flexibility index (Phi) is 4.93. The van der Waals surface area contributed by atoms with Crippen LogP contribution in [0.15, 0.2) is 59.8 Å². The number of sulfonamides is 1. The second-order valence-electron chi connectivity index (χ2n) is 7.72. The summed E-state index contributed by atoms with van der Waals surface area (Å²) in [4.78, 5) is 37.8. The summed E-state index contributed by atoms with van der Waals surface area (Å²) in [6.07, 6.45) is 3.59. The van der Waals surface area contributed by atoms with Gasteiger partial charge in [0.1, 0.15) is 6.04 Å². The first-order valence-electron chi connectivity index (χ1n) is 10.1. The van der Waals surface area contributed by atoms with Gasteiger partial charge < -0.3 is 4.90 Å². The summed E-state index contributed by atoms with van der Waals surface area (Å²) in [6, 6.07) is 10.0. The highest BCUT2D eigenvalue weighted by atomic mass is 32.2. The maximum absolute atomic E-state index is 12.8. The summed E-state index contributed by atoms with van der Waals surface area (Å²) < 4.78 is 29.7. The highest BCUT2D eigenvalue weighted by molar-refractivity contribution is 7.92. The highest BCUT2D eigenvalue weighted by Crippen LogP contribution is 2.30. The Morgan fingerprint density at radius 2 is 1.85 bits per heavy atom. The molecule has 33 heavy (non-hydrogen) atoms. The number of nitrogens with one attached hydrogen (secondary N) is 2. The Labute approximate surface area is 188 Å². The summed E-state index contributed by atoms with van der Waals surface area (Å²) in [6.45, 7) is 0.155. The number of carbonyl (C=O) groups excluding carboxylic acids is 3. The zero-order chi connectivity index (χ0) is 23.2. The van der Waals surface area contributed by atoms with E-state index in [0.717, 1.165) is 0 Å². The molecule has 1 unspecified atom stereocenters. The molecule has 1 fully saturated rings. The van der Waals surface area contributed by atoms with Crippen LogP contribution in [0.2, 0.25) is 0 Å². The van der Waals surface area contributed by atoms with Gasteiger partial charge in [-0.25, -0.2) is 13.1 Å². The van der Waals surface area contributed by atoms with Gasteiger partial charge in [-0.3, -0.25) is 24.4 Å². The maximum Gasteiger partial charge on any atom is 0.261 e. The lowest BCUT2D eigenvalue weighted by Crippen LogP contribution is -2.52.